The lowest BCUT2D eigenvalue weighted by Gasteiger charge is -2.12. The largest absolute Gasteiger partial charge is 0.461 e. The number of oxazole rings is 1. The van der Waals surface area contributed by atoms with Crippen LogP contribution >= 0.6 is 15.9 Å². The van der Waals surface area contributed by atoms with E-state index in [1.807, 2.05) is 31.2 Å². The predicted molar refractivity (Wildman–Crippen MR) is 78.6 cm³/mol. The van der Waals surface area contributed by atoms with Gasteiger partial charge in [0, 0.05) is 4.47 Å². The van der Waals surface area contributed by atoms with Crippen LogP contribution in [0.3, 0.4) is 0 Å². The molecule has 2 rings (SSSR count). The summed E-state index contributed by atoms with van der Waals surface area (Å²) in [4.78, 5) is 15.5. The lowest BCUT2D eigenvalue weighted by Crippen LogP contribution is -2.08. The summed E-state index contributed by atoms with van der Waals surface area (Å²) in [5.74, 6) is -0.487. The predicted octanol–water partition coefficient (Wildman–Crippen LogP) is 3.79. The zero-order valence-electron chi connectivity index (χ0n) is 11.2. The van der Waals surface area contributed by atoms with Crippen molar-refractivity contribution in [1.29, 1.82) is 0 Å². The van der Waals surface area contributed by atoms with Gasteiger partial charge in [0.05, 0.1) is 12.6 Å². The Morgan fingerprint density at radius 3 is 3.05 bits per heavy atom. The maximum atomic E-state index is 11.5. The van der Waals surface area contributed by atoms with E-state index in [-0.39, 0.29) is 11.7 Å². The Kier molecular flexibility index (Phi) is 4.79. The molecule has 0 saturated heterocycles. The van der Waals surface area contributed by atoms with Crippen molar-refractivity contribution < 1.29 is 13.9 Å². The van der Waals surface area contributed by atoms with E-state index in [1.165, 1.54) is 6.26 Å². The maximum absolute atomic E-state index is 11.5. The highest BCUT2D eigenvalue weighted by molar-refractivity contribution is 9.10. The molecule has 1 aromatic heterocycles. The second-order valence-electron chi connectivity index (χ2n) is 4.18. The molecule has 0 fully saturated rings. The fraction of sp³-hybridized carbons (Fsp3) is 0.286. The van der Waals surface area contributed by atoms with Gasteiger partial charge in [-0.15, -0.1) is 0 Å². The second-order valence-corrected chi connectivity index (χ2v) is 5.10. The third-order valence-corrected chi connectivity index (χ3v) is 3.17. The number of hydrogen-bond donors (Lipinski definition) is 1. The Labute approximate surface area is 125 Å². The van der Waals surface area contributed by atoms with Crippen LogP contribution in [-0.2, 0) is 4.74 Å². The minimum atomic E-state index is -0.487. The monoisotopic (exact) mass is 338 g/mol. The second kappa shape index (κ2) is 6.56. The molecule has 2 aromatic rings. The number of ether oxygens (including phenoxy) is 1. The third-order valence-electron chi connectivity index (χ3n) is 2.68. The number of benzene rings is 1. The molecule has 1 atom stereocenters. The van der Waals surface area contributed by atoms with Crippen molar-refractivity contribution in [3.63, 3.8) is 0 Å². The van der Waals surface area contributed by atoms with Gasteiger partial charge in [-0.25, -0.2) is 4.79 Å². The molecule has 0 spiro atoms. The van der Waals surface area contributed by atoms with Crippen LogP contribution in [0.15, 0.2) is 39.4 Å². The first-order valence-electron chi connectivity index (χ1n) is 6.24. The van der Waals surface area contributed by atoms with Gasteiger partial charge < -0.3 is 14.5 Å². The number of aromatic nitrogens is 1. The molecule has 0 radical (unpaired) electrons. The van der Waals surface area contributed by atoms with E-state index in [0.29, 0.717) is 12.6 Å². The molecule has 0 bridgehead atoms. The van der Waals surface area contributed by atoms with Gasteiger partial charge in [-0.1, -0.05) is 28.1 Å². The molecule has 0 aliphatic carbocycles. The molecule has 1 unspecified atom stereocenters. The fourth-order valence-electron chi connectivity index (χ4n) is 1.68. The zero-order chi connectivity index (χ0) is 14.5. The van der Waals surface area contributed by atoms with E-state index in [0.717, 1.165) is 10.0 Å². The summed E-state index contributed by atoms with van der Waals surface area (Å²) in [5.41, 5.74) is 1.24. The minimum absolute atomic E-state index is 0.00111. The average Bonchev–Trinajstić information content (AvgIpc) is 2.87. The Balaban J connectivity index is 2.05. The van der Waals surface area contributed by atoms with Crippen LogP contribution in [0.2, 0.25) is 0 Å². The average molecular weight is 339 g/mol. The quantitative estimate of drug-likeness (QED) is 0.840. The highest BCUT2D eigenvalue weighted by Gasteiger charge is 2.15. The lowest BCUT2D eigenvalue weighted by molar-refractivity contribution is 0.0519. The molecule has 5 nitrogen and oxygen atoms in total. The molecular formula is C14H15BrN2O3. The van der Waals surface area contributed by atoms with Crippen molar-refractivity contribution in [3.05, 3.63) is 46.3 Å². The van der Waals surface area contributed by atoms with Crippen molar-refractivity contribution in [1.82, 2.24) is 4.98 Å². The van der Waals surface area contributed by atoms with Crippen molar-refractivity contribution in [2.24, 2.45) is 0 Å². The normalized spacial score (nSPS) is 11.9. The molecular weight excluding hydrogens is 324 g/mol. The van der Waals surface area contributed by atoms with Gasteiger partial charge in [0.2, 0.25) is 0 Å². The van der Waals surface area contributed by atoms with E-state index in [9.17, 15) is 4.79 Å². The van der Waals surface area contributed by atoms with Crippen LogP contribution in [-0.4, -0.2) is 17.6 Å². The number of nitrogens with zero attached hydrogens (tertiary/aromatic N) is 1. The summed E-state index contributed by atoms with van der Waals surface area (Å²) in [7, 11) is 0. The van der Waals surface area contributed by atoms with E-state index >= 15 is 0 Å². The first-order chi connectivity index (χ1) is 9.60. The highest BCUT2D eigenvalue weighted by Crippen LogP contribution is 2.21. The van der Waals surface area contributed by atoms with Crippen LogP contribution in [0.1, 0.15) is 35.9 Å². The van der Waals surface area contributed by atoms with E-state index < -0.39 is 5.97 Å². The molecule has 0 aliphatic heterocycles. The Bertz CT molecular complexity index is 598. The van der Waals surface area contributed by atoms with Crippen molar-refractivity contribution >= 4 is 27.9 Å². The smallest absolute Gasteiger partial charge is 0.360 e. The molecule has 0 aliphatic rings. The first kappa shape index (κ1) is 14.6. The summed E-state index contributed by atoms with van der Waals surface area (Å²) >= 11 is 3.43. The van der Waals surface area contributed by atoms with Crippen LogP contribution in [0, 0.1) is 0 Å². The van der Waals surface area contributed by atoms with Gasteiger partial charge in [-0.3, -0.25) is 0 Å². The third kappa shape index (κ3) is 3.60. The number of anilines is 1. The van der Waals surface area contributed by atoms with Crippen molar-refractivity contribution in [3.8, 4) is 0 Å². The lowest BCUT2D eigenvalue weighted by atomic mass is 10.1. The Morgan fingerprint density at radius 2 is 2.35 bits per heavy atom. The summed E-state index contributed by atoms with van der Waals surface area (Å²) in [6.07, 6.45) is 1.29. The SMILES string of the molecule is CCOC(=O)c1coc(NC(C)c2cccc(Br)c2)n1. The minimum Gasteiger partial charge on any atom is -0.461 e. The molecule has 20 heavy (non-hydrogen) atoms. The van der Waals surface area contributed by atoms with Gasteiger partial charge in [0.25, 0.3) is 6.01 Å². The summed E-state index contributed by atoms with van der Waals surface area (Å²) in [5, 5.41) is 3.10. The van der Waals surface area contributed by atoms with Crippen LogP contribution < -0.4 is 5.32 Å². The van der Waals surface area contributed by atoms with Gasteiger partial charge in [-0.05, 0) is 31.5 Å². The number of nitrogens with one attached hydrogen (secondary N) is 1. The topological polar surface area (TPSA) is 64.4 Å². The number of rotatable bonds is 5. The summed E-state index contributed by atoms with van der Waals surface area (Å²) in [6.45, 7) is 4.03. The fourth-order valence-corrected chi connectivity index (χ4v) is 2.10. The van der Waals surface area contributed by atoms with Gasteiger partial charge in [-0.2, -0.15) is 4.98 Å². The zero-order valence-corrected chi connectivity index (χ0v) is 12.8. The van der Waals surface area contributed by atoms with E-state index in [2.05, 4.69) is 26.2 Å². The Hall–Kier alpha value is -1.82. The number of halogens is 1. The summed E-state index contributed by atoms with van der Waals surface area (Å²) < 4.78 is 11.1. The van der Waals surface area contributed by atoms with Crippen molar-refractivity contribution in [2.45, 2.75) is 19.9 Å². The van der Waals surface area contributed by atoms with Crippen LogP contribution in [0.25, 0.3) is 0 Å². The molecule has 1 N–H and O–H groups in total. The summed E-state index contributed by atoms with van der Waals surface area (Å²) in [6, 6.07) is 8.21. The molecule has 0 saturated carbocycles. The van der Waals surface area contributed by atoms with E-state index in [1.54, 1.807) is 6.92 Å². The van der Waals surface area contributed by atoms with Gasteiger partial charge >= 0.3 is 5.97 Å². The Morgan fingerprint density at radius 1 is 1.55 bits per heavy atom. The first-order valence-corrected chi connectivity index (χ1v) is 7.04. The number of carbonyl (C=O) groups is 1. The number of esters is 1. The molecule has 0 amide bonds. The van der Waals surface area contributed by atoms with Crippen LogP contribution in [0.5, 0.6) is 0 Å². The van der Waals surface area contributed by atoms with Crippen LogP contribution in [0.4, 0.5) is 6.01 Å². The van der Waals surface area contributed by atoms with Gasteiger partial charge in [0.15, 0.2) is 5.69 Å². The number of hydrogen-bond acceptors (Lipinski definition) is 5. The maximum Gasteiger partial charge on any atom is 0.360 e. The standard InChI is InChI=1S/C14H15BrN2O3/c1-3-19-13(18)12-8-20-14(17-12)16-9(2)10-5-4-6-11(15)7-10/h4-9H,3H2,1-2H3,(H,16,17). The van der Waals surface area contributed by atoms with Crippen molar-refractivity contribution in [2.75, 3.05) is 11.9 Å². The van der Waals surface area contributed by atoms with E-state index in [4.69, 9.17) is 9.15 Å². The molecule has 1 aromatic carbocycles. The molecule has 6 heteroatoms. The number of carbonyl (C=O) groups excluding carboxylic acids is 1. The molecule has 106 valence electrons. The highest BCUT2D eigenvalue weighted by atomic mass is 79.9. The molecule has 1 heterocycles. The van der Waals surface area contributed by atoms with Gasteiger partial charge in [0.1, 0.15) is 6.26 Å².